The Morgan fingerprint density at radius 2 is 1.83 bits per heavy atom. The molecule has 1 fully saturated rings. The van der Waals surface area contributed by atoms with Gasteiger partial charge in [0.1, 0.15) is 18.5 Å². The summed E-state index contributed by atoms with van der Waals surface area (Å²) in [5, 5.41) is 0.0289. The van der Waals surface area contributed by atoms with Gasteiger partial charge in [-0.25, -0.2) is 9.18 Å². The van der Waals surface area contributed by atoms with Crippen molar-refractivity contribution in [3.63, 3.8) is 0 Å². The van der Waals surface area contributed by atoms with Crippen molar-refractivity contribution in [2.24, 2.45) is 0 Å². The third kappa shape index (κ3) is 6.55. The molecule has 0 aromatic heterocycles. The fraction of sp³-hybridized carbons (Fsp3) is 0.394. The quantitative estimate of drug-likeness (QED) is 0.246. The second kappa shape index (κ2) is 13.6. The molecule has 2 atom stereocenters. The van der Waals surface area contributed by atoms with Gasteiger partial charge < -0.3 is 23.8 Å². The topological polar surface area (TPSA) is 74.3 Å². The van der Waals surface area contributed by atoms with Crippen molar-refractivity contribution < 1.29 is 32.9 Å². The summed E-state index contributed by atoms with van der Waals surface area (Å²) < 4.78 is 37.7. The lowest BCUT2D eigenvalue weighted by Gasteiger charge is -2.38. The number of carbonyl (C=O) groups excluding carboxylic acids is 2. The number of fused-ring (bicyclic) bond motifs is 1. The number of hydrogen-bond acceptors (Lipinski definition) is 6. The number of amides is 1. The van der Waals surface area contributed by atoms with E-state index in [0.29, 0.717) is 17.1 Å². The Balaban J connectivity index is 1.48. The number of hydrogen-bond donors (Lipinski definition) is 0. The van der Waals surface area contributed by atoms with E-state index in [4.69, 9.17) is 30.5 Å². The molecular formula is C33H35ClFNO6. The summed E-state index contributed by atoms with van der Waals surface area (Å²) in [6.45, 7) is 2.12. The van der Waals surface area contributed by atoms with Crippen molar-refractivity contribution in [1.29, 1.82) is 0 Å². The van der Waals surface area contributed by atoms with E-state index < -0.39 is 23.9 Å². The molecule has 0 bridgehead atoms. The zero-order chi connectivity index (χ0) is 29.6. The van der Waals surface area contributed by atoms with Crippen LogP contribution in [-0.2, 0) is 38.6 Å². The summed E-state index contributed by atoms with van der Waals surface area (Å²) in [6.07, 6.45) is 3.23. The molecular weight excluding hydrogens is 561 g/mol. The maximum Gasteiger partial charge on any atom is 0.329 e. The molecule has 5 rings (SSSR count). The minimum absolute atomic E-state index is 0.0146. The highest BCUT2D eigenvalue weighted by Gasteiger charge is 2.41. The summed E-state index contributed by atoms with van der Waals surface area (Å²) >= 11 is 5.84. The second-order valence-electron chi connectivity index (χ2n) is 10.5. The fourth-order valence-corrected chi connectivity index (χ4v) is 5.79. The van der Waals surface area contributed by atoms with Crippen molar-refractivity contribution in [1.82, 2.24) is 4.90 Å². The maximum absolute atomic E-state index is 14.3. The van der Waals surface area contributed by atoms with Gasteiger partial charge in [0.25, 0.3) is 5.91 Å². The summed E-state index contributed by atoms with van der Waals surface area (Å²) in [4.78, 5) is 29.2. The third-order valence-electron chi connectivity index (χ3n) is 7.82. The van der Waals surface area contributed by atoms with E-state index in [0.717, 1.165) is 42.4 Å². The van der Waals surface area contributed by atoms with Crippen molar-refractivity contribution in [3.05, 3.63) is 93.8 Å². The van der Waals surface area contributed by atoms with Crippen molar-refractivity contribution >= 4 is 23.5 Å². The zero-order valence-corrected chi connectivity index (χ0v) is 24.6. The Hall–Kier alpha value is -3.62. The van der Waals surface area contributed by atoms with Gasteiger partial charge in [0.2, 0.25) is 0 Å². The van der Waals surface area contributed by atoms with Crippen LogP contribution in [0.2, 0.25) is 5.02 Å². The molecule has 0 unspecified atom stereocenters. The molecule has 9 heteroatoms. The Morgan fingerprint density at radius 3 is 2.52 bits per heavy atom. The smallest absolute Gasteiger partial charge is 0.329 e. The van der Waals surface area contributed by atoms with Crippen LogP contribution in [-0.4, -0.2) is 42.6 Å². The number of nitrogens with zero attached hydrogens (tertiary/aromatic N) is 1. The second-order valence-corrected chi connectivity index (χ2v) is 11.0. The molecule has 0 spiro atoms. The Labute approximate surface area is 250 Å². The average Bonchev–Trinajstić information content (AvgIpc) is 3.53. The Bertz CT molecular complexity index is 1410. The normalized spacial score (nSPS) is 17.4. The van der Waals surface area contributed by atoms with Crippen LogP contribution in [0.3, 0.4) is 0 Å². The van der Waals surface area contributed by atoms with E-state index >= 15 is 0 Å². The van der Waals surface area contributed by atoms with Gasteiger partial charge in [-0.1, -0.05) is 66.9 Å². The molecule has 2 aliphatic rings. The molecule has 3 aromatic carbocycles. The zero-order valence-electron chi connectivity index (χ0n) is 23.8. The van der Waals surface area contributed by atoms with Gasteiger partial charge >= 0.3 is 5.97 Å². The molecule has 0 N–H and O–H groups in total. The lowest BCUT2D eigenvalue weighted by Crippen LogP contribution is -2.51. The minimum atomic E-state index is -0.897. The number of rotatable bonds is 10. The van der Waals surface area contributed by atoms with Crippen LogP contribution in [0.4, 0.5) is 4.39 Å². The molecule has 1 amide bonds. The molecule has 1 aliphatic carbocycles. The van der Waals surface area contributed by atoms with Gasteiger partial charge in [0.15, 0.2) is 17.6 Å². The molecule has 1 saturated carbocycles. The van der Waals surface area contributed by atoms with E-state index in [1.807, 2.05) is 36.4 Å². The predicted octanol–water partition coefficient (Wildman–Crippen LogP) is 6.58. The first-order chi connectivity index (χ1) is 20.4. The van der Waals surface area contributed by atoms with Crippen LogP contribution in [0, 0.1) is 5.82 Å². The first-order valence-corrected chi connectivity index (χ1v) is 14.7. The van der Waals surface area contributed by atoms with Gasteiger partial charge in [-0.05, 0) is 54.7 Å². The van der Waals surface area contributed by atoms with Crippen LogP contribution in [0.1, 0.15) is 61.0 Å². The molecule has 7 nitrogen and oxygen atoms in total. The molecule has 222 valence electrons. The summed E-state index contributed by atoms with van der Waals surface area (Å²) in [5.41, 5.74) is 2.88. The molecule has 1 heterocycles. The van der Waals surface area contributed by atoms with Crippen molar-refractivity contribution in [3.8, 4) is 11.5 Å². The molecule has 42 heavy (non-hydrogen) atoms. The summed E-state index contributed by atoms with van der Waals surface area (Å²) in [5.74, 6) is -0.417. The number of benzene rings is 3. The van der Waals surface area contributed by atoms with Gasteiger partial charge in [-0.2, -0.15) is 0 Å². The number of carbonyl (C=O) groups is 2. The number of ether oxygens (including phenoxy) is 4. The standard InChI is InChI=1S/C33H35ClFNO6/c1-3-40-33(38)28-18-25-23(14-16-29(39-2)31(25)41-20-21-13-15-26(34)27(35)17-21)19-36(28)32(37)30(22-9-5-4-6-10-22)42-24-11-7-8-12-24/h4-6,9-10,13-17,24,28,30H,3,7-8,11-12,18-20H2,1-2H3/t28-,30-/m0/s1. The monoisotopic (exact) mass is 595 g/mol. The minimum Gasteiger partial charge on any atom is -0.493 e. The van der Waals surface area contributed by atoms with Gasteiger partial charge in [-0.3, -0.25) is 4.79 Å². The van der Waals surface area contributed by atoms with Gasteiger partial charge in [0.05, 0.1) is 24.8 Å². The molecule has 3 aromatic rings. The van der Waals surface area contributed by atoms with Gasteiger partial charge in [0, 0.05) is 18.5 Å². The number of halogens is 2. The van der Waals surface area contributed by atoms with E-state index in [1.165, 1.54) is 19.2 Å². The number of esters is 1. The Kier molecular flexibility index (Phi) is 9.65. The molecule has 1 aliphatic heterocycles. The fourth-order valence-electron chi connectivity index (χ4n) is 5.68. The van der Waals surface area contributed by atoms with Crippen LogP contribution in [0.15, 0.2) is 60.7 Å². The lowest BCUT2D eigenvalue weighted by molar-refractivity contribution is -0.163. The third-order valence-corrected chi connectivity index (χ3v) is 8.13. The lowest BCUT2D eigenvalue weighted by atomic mass is 9.91. The van der Waals surface area contributed by atoms with Gasteiger partial charge in [-0.15, -0.1) is 0 Å². The molecule has 0 radical (unpaired) electrons. The largest absolute Gasteiger partial charge is 0.493 e. The van der Waals surface area contributed by atoms with Crippen molar-refractivity contribution in [2.75, 3.05) is 13.7 Å². The predicted molar refractivity (Wildman–Crippen MR) is 156 cm³/mol. The SMILES string of the molecule is CCOC(=O)[C@@H]1Cc2c(ccc(OC)c2OCc2ccc(Cl)c(F)c2)CN1C(=O)[C@@H](OC1CCCC1)c1ccccc1. The highest BCUT2D eigenvalue weighted by Crippen LogP contribution is 2.40. The van der Waals surface area contributed by atoms with E-state index in [9.17, 15) is 14.0 Å². The highest BCUT2D eigenvalue weighted by atomic mass is 35.5. The number of methoxy groups -OCH3 is 1. The van der Waals surface area contributed by atoms with E-state index in [-0.39, 0.29) is 43.2 Å². The summed E-state index contributed by atoms with van der Waals surface area (Å²) in [7, 11) is 1.53. The first-order valence-electron chi connectivity index (χ1n) is 14.3. The first kappa shape index (κ1) is 29.9. The average molecular weight is 596 g/mol. The van der Waals surface area contributed by atoms with Crippen LogP contribution < -0.4 is 9.47 Å². The Morgan fingerprint density at radius 1 is 1.07 bits per heavy atom. The highest BCUT2D eigenvalue weighted by molar-refractivity contribution is 6.30. The van der Waals surface area contributed by atoms with Crippen LogP contribution in [0.25, 0.3) is 0 Å². The van der Waals surface area contributed by atoms with E-state index in [2.05, 4.69) is 0 Å². The summed E-state index contributed by atoms with van der Waals surface area (Å²) in [6, 6.07) is 16.6. The maximum atomic E-state index is 14.3. The van der Waals surface area contributed by atoms with E-state index in [1.54, 1.807) is 24.0 Å². The van der Waals surface area contributed by atoms with Crippen LogP contribution in [0.5, 0.6) is 11.5 Å². The van der Waals surface area contributed by atoms with Crippen LogP contribution >= 0.6 is 11.6 Å². The molecule has 0 saturated heterocycles. The van der Waals surface area contributed by atoms with Crippen molar-refractivity contribution in [2.45, 2.75) is 70.4 Å².